The standard InChI is InChI=1S/C24H26ClN5O/c25-20-5-3-18(4-6-20)22-16-23(28-24(27-22)19-2-1-9-26-17-19)30-10-7-21(8-11-30)29-12-14-31-15-13-29/h1-6,9,16-17,21H,7-8,10-15H2. The van der Waals surface area contributed by atoms with Crippen LogP contribution in [-0.4, -0.2) is 65.3 Å². The summed E-state index contributed by atoms with van der Waals surface area (Å²) in [4.78, 5) is 19.0. The first-order valence-corrected chi connectivity index (χ1v) is 11.3. The Hall–Kier alpha value is -2.54. The summed E-state index contributed by atoms with van der Waals surface area (Å²) < 4.78 is 5.52. The molecule has 0 aliphatic carbocycles. The lowest BCUT2D eigenvalue weighted by atomic mass is 10.0. The van der Waals surface area contributed by atoms with Gasteiger partial charge in [-0.1, -0.05) is 23.7 Å². The number of anilines is 1. The van der Waals surface area contributed by atoms with Gasteiger partial charge in [-0.2, -0.15) is 0 Å². The molecule has 2 saturated heterocycles. The maximum atomic E-state index is 6.10. The topological polar surface area (TPSA) is 54.4 Å². The Morgan fingerprint density at radius 2 is 1.68 bits per heavy atom. The first-order valence-electron chi connectivity index (χ1n) is 10.9. The number of hydrogen-bond donors (Lipinski definition) is 0. The lowest BCUT2D eigenvalue weighted by Gasteiger charge is -2.40. The Kier molecular flexibility index (Phi) is 6.11. The molecule has 0 amide bonds. The molecule has 7 heteroatoms. The Bertz CT molecular complexity index is 1000. The summed E-state index contributed by atoms with van der Waals surface area (Å²) in [6.45, 7) is 5.78. The Morgan fingerprint density at radius 1 is 0.903 bits per heavy atom. The fourth-order valence-electron chi connectivity index (χ4n) is 4.39. The van der Waals surface area contributed by atoms with E-state index in [9.17, 15) is 0 Å². The third-order valence-corrected chi connectivity index (χ3v) is 6.37. The van der Waals surface area contributed by atoms with E-state index in [-0.39, 0.29) is 0 Å². The molecule has 0 saturated carbocycles. The van der Waals surface area contributed by atoms with Gasteiger partial charge >= 0.3 is 0 Å². The Balaban J connectivity index is 1.42. The number of hydrogen-bond acceptors (Lipinski definition) is 6. The maximum Gasteiger partial charge on any atom is 0.163 e. The Labute approximate surface area is 187 Å². The lowest BCUT2D eigenvalue weighted by Crippen LogP contribution is -2.49. The van der Waals surface area contributed by atoms with E-state index in [1.807, 2.05) is 42.6 Å². The number of piperidine rings is 1. The van der Waals surface area contributed by atoms with Crippen molar-refractivity contribution in [2.75, 3.05) is 44.3 Å². The van der Waals surface area contributed by atoms with Crippen molar-refractivity contribution in [1.82, 2.24) is 19.9 Å². The zero-order chi connectivity index (χ0) is 21.0. The van der Waals surface area contributed by atoms with Crippen LogP contribution < -0.4 is 4.90 Å². The molecule has 0 spiro atoms. The molecule has 0 atom stereocenters. The molecule has 31 heavy (non-hydrogen) atoms. The summed E-state index contributed by atoms with van der Waals surface area (Å²) in [5.41, 5.74) is 2.85. The monoisotopic (exact) mass is 435 g/mol. The summed E-state index contributed by atoms with van der Waals surface area (Å²) in [5.74, 6) is 1.67. The summed E-state index contributed by atoms with van der Waals surface area (Å²) in [6, 6.07) is 14.5. The molecule has 0 unspecified atom stereocenters. The predicted molar refractivity (Wildman–Crippen MR) is 123 cm³/mol. The first-order chi connectivity index (χ1) is 15.3. The Morgan fingerprint density at radius 3 is 2.39 bits per heavy atom. The van der Waals surface area contributed by atoms with Gasteiger partial charge in [-0.25, -0.2) is 9.97 Å². The number of nitrogens with zero attached hydrogens (tertiary/aromatic N) is 5. The summed E-state index contributed by atoms with van der Waals surface area (Å²) in [6.07, 6.45) is 5.87. The van der Waals surface area contributed by atoms with Gasteiger partial charge in [0.1, 0.15) is 5.82 Å². The molecular formula is C24H26ClN5O. The van der Waals surface area contributed by atoms with E-state index in [1.165, 1.54) is 0 Å². The largest absolute Gasteiger partial charge is 0.379 e. The highest BCUT2D eigenvalue weighted by molar-refractivity contribution is 6.30. The van der Waals surface area contributed by atoms with Crippen LogP contribution >= 0.6 is 11.6 Å². The quantitative estimate of drug-likeness (QED) is 0.613. The van der Waals surface area contributed by atoms with Gasteiger partial charge in [-0.05, 0) is 37.1 Å². The smallest absolute Gasteiger partial charge is 0.163 e. The molecule has 2 aromatic heterocycles. The minimum Gasteiger partial charge on any atom is -0.379 e. The van der Waals surface area contributed by atoms with Crippen LogP contribution in [-0.2, 0) is 4.74 Å². The van der Waals surface area contributed by atoms with Crippen LogP contribution in [0.3, 0.4) is 0 Å². The van der Waals surface area contributed by atoms with Gasteiger partial charge in [0.25, 0.3) is 0 Å². The number of morpholine rings is 1. The van der Waals surface area contributed by atoms with Crippen LogP contribution in [0.4, 0.5) is 5.82 Å². The number of benzene rings is 1. The molecule has 3 aromatic rings. The van der Waals surface area contributed by atoms with E-state index in [0.717, 1.165) is 79.9 Å². The van der Waals surface area contributed by atoms with E-state index >= 15 is 0 Å². The molecule has 2 aliphatic rings. The highest BCUT2D eigenvalue weighted by atomic mass is 35.5. The number of pyridine rings is 1. The minimum atomic E-state index is 0.635. The second-order valence-corrected chi connectivity index (χ2v) is 8.49. The van der Waals surface area contributed by atoms with Crippen LogP contribution in [0.1, 0.15) is 12.8 Å². The number of ether oxygens (including phenoxy) is 1. The number of aromatic nitrogens is 3. The molecule has 0 bridgehead atoms. The zero-order valence-electron chi connectivity index (χ0n) is 17.5. The third kappa shape index (κ3) is 4.71. The fraction of sp³-hybridized carbons (Fsp3) is 0.375. The molecule has 0 N–H and O–H groups in total. The molecular weight excluding hydrogens is 410 g/mol. The molecule has 2 fully saturated rings. The van der Waals surface area contributed by atoms with Crippen molar-refractivity contribution in [3.8, 4) is 22.6 Å². The van der Waals surface area contributed by atoms with E-state index in [0.29, 0.717) is 11.9 Å². The van der Waals surface area contributed by atoms with Gasteiger partial charge in [-0.3, -0.25) is 9.88 Å². The first kappa shape index (κ1) is 20.4. The molecule has 2 aliphatic heterocycles. The minimum absolute atomic E-state index is 0.635. The second-order valence-electron chi connectivity index (χ2n) is 8.05. The van der Waals surface area contributed by atoms with Gasteiger partial charge in [0.15, 0.2) is 5.82 Å². The van der Waals surface area contributed by atoms with Gasteiger partial charge in [0.2, 0.25) is 0 Å². The fourth-order valence-corrected chi connectivity index (χ4v) is 4.52. The predicted octanol–water partition coefficient (Wildman–Crippen LogP) is 4.16. The maximum absolute atomic E-state index is 6.10. The molecule has 4 heterocycles. The van der Waals surface area contributed by atoms with E-state index in [2.05, 4.69) is 20.9 Å². The van der Waals surface area contributed by atoms with Crippen LogP contribution in [0.2, 0.25) is 5.02 Å². The van der Waals surface area contributed by atoms with Gasteiger partial charge < -0.3 is 9.64 Å². The van der Waals surface area contributed by atoms with Crippen molar-refractivity contribution >= 4 is 17.4 Å². The number of halogens is 1. The summed E-state index contributed by atoms with van der Waals surface area (Å²) in [7, 11) is 0. The van der Waals surface area contributed by atoms with Crippen molar-refractivity contribution < 1.29 is 4.74 Å². The van der Waals surface area contributed by atoms with Crippen molar-refractivity contribution in [1.29, 1.82) is 0 Å². The average Bonchev–Trinajstić information content (AvgIpc) is 2.85. The highest BCUT2D eigenvalue weighted by Gasteiger charge is 2.27. The van der Waals surface area contributed by atoms with Crippen LogP contribution in [0.15, 0.2) is 54.9 Å². The summed E-state index contributed by atoms with van der Waals surface area (Å²) >= 11 is 6.10. The average molecular weight is 436 g/mol. The van der Waals surface area contributed by atoms with E-state index < -0.39 is 0 Å². The molecule has 160 valence electrons. The second kappa shape index (κ2) is 9.30. The van der Waals surface area contributed by atoms with Crippen molar-refractivity contribution in [3.05, 3.63) is 59.9 Å². The lowest BCUT2D eigenvalue weighted by molar-refractivity contribution is 0.0115. The van der Waals surface area contributed by atoms with Gasteiger partial charge in [0, 0.05) is 66.8 Å². The van der Waals surface area contributed by atoms with Gasteiger partial charge in [-0.15, -0.1) is 0 Å². The normalized spacial score (nSPS) is 18.3. The van der Waals surface area contributed by atoms with Crippen molar-refractivity contribution in [2.45, 2.75) is 18.9 Å². The van der Waals surface area contributed by atoms with Crippen molar-refractivity contribution in [2.24, 2.45) is 0 Å². The molecule has 5 rings (SSSR count). The van der Waals surface area contributed by atoms with Crippen LogP contribution in [0, 0.1) is 0 Å². The van der Waals surface area contributed by atoms with Crippen LogP contribution in [0.5, 0.6) is 0 Å². The number of rotatable bonds is 4. The molecule has 1 aromatic carbocycles. The SMILES string of the molecule is Clc1ccc(-c2cc(N3CCC(N4CCOCC4)CC3)nc(-c3cccnc3)n2)cc1. The summed E-state index contributed by atoms with van der Waals surface area (Å²) in [5, 5.41) is 0.718. The molecule has 6 nitrogen and oxygen atoms in total. The van der Waals surface area contributed by atoms with E-state index in [1.54, 1.807) is 6.20 Å². The molecule has 0 radical (unpaired) electrons. The third-order valence-electron chi connectivity index (χ3n) is 6.12. The van der Waals surface area contributed by atoms with Crippen molar-refractivity contribution in [3.63, 3.8) is 0 Å². The van der Waals surface area contributed by atoms with Gasteiger partial charge in [0.05, 0.1) is 18.9 Å². The highest BCUT2D eigenvalue weighted by Crippen LogP contribution is 2.29. The van der Waals surface area contributed by atoms with E-state index in [4.69, 9.17) is 26.3 Å². The van der Waals surface area contributed by atoms with Crippen LogP contribution in [0.25, 0.3) is 22.6 Å². The zero-order valence-corrected chi connectivity index (χ0v) is 18.2.